The molecule has 3 aromatic rings. The maximum absolute atomic E-state index is 14.2. The molecular formula is C30H38N2O4. The van der Waals surface area contributed by atoms with Crippen molar-refractivity contribution in [3.05, 3.63) is 59.9 Å². The van der Waals surface area contributed by atoms with Crippen LogP contribution in [-0.2, 0) is 6.54 Å². The van der Waals surface area contributed by atoms with Gasteiger partial charge in [0.2, 0.25) is 0 Å². The maximum atomic E-state index is 14.2. The number of amides is 1. The number of ether oxygens (including phenoxy) is 2. The molecule has 1 amide bonds. The van der Waals surface area contributed by atoms with Crippen molar-refractivity contribution in [2.24, 2.45) is 5.92 Å². The summed E-state index contributed by atoms with van der Waals surface area (Å²) in [6, 6.07) is 16.0. The average Bonchev–Trinajstić information content (AvgIpc) is 3.60. The van der Waals surface area contributed by atoms with Gasteiger partial charge in [0.25, 0.3) is 5.91 Å². The standard InChI is InChI=1S/C30H38N2O4/c1-34-28-15-14-23(19-29(28)35-2)30(33)32(20-24-18-22-11-6-7-13-27(22)36-24)26(25-12-8-16-31-25)17-21-9-4-3-5-10-21/h6-7,11,13-15,18-19,21,25-26,31H,3-5,8-10,12,16-17,20H2,1-2H3/t25?,26-/m0/s1. The van der Waals surface area contributed by atoms with Crippen LogP contribution in [0.2, 0.25) is 0 Å². The molecule has 0 bridgehead atoms. The number of furan rings is 1. The molecule has 1 saturated heterocycles. The summed E-state index contributed by atoms with van der Waals surface area (Å²) in [7, 11) is 3.21. The normalized spacial score (nSPS) is 19.3. The second kappa shape index (κ2) is 11.4. The highest BCUT2D eigenvalue weighted by atomic mass is 16.5. The summed E-state index contributed by atoms with van der Waals surface area (Å²) in [5.74, 6) is 2.66. The van der Waals surface area contributed by atoms with Crippen molar-refractivity contribution in [1.82, 2.24) is 10.2 Å². The zero-order valence-corrected chi connectivity index (χ0v) is 21.5. The fourth-order valence-electron chi connectivity index (χ4n) is 6.07. The maximum Gasteiger partial charge on any atom is 0.254 e. The number of hydrogen-bond donors (Lipinski definition) is 1. The molecule has 2 atom stereocenters. The summed E-state index contributed by atoms with van der Waals surface area (Å²) in [6.45, 7) is 1.45. The lowest BCUT2D eigenvalue weighted by atomic mass is 9.82. The number of carbonyl (C=O) groups excluding carboxylic acids is 1. The highest BCUT2D eigenvalue weighted by Crippen LogP contribution is 2.34. The van der Waals surface area contributed by atoms with E-state index in [2.05, 4.69) is 22.3 Å². The smallest absolute Gasteiger partial charge is 0.254 e. The Kier molecular flexibility index (Phi) is 7.81. The number of methoxy groups -OCH3 is 2. The predicted octanol–water partition coefficient (Wildman–Crippen LogP) is 6.18. The fourth-order valence-corrected chi connectivity index (χ4v) is 6.07. The third-order valence-electron chi connectivity index (χ3n) is 7.96. The Morgan fingerprint density at radius 1 is 1.00 bits per heavy atom. The molecule has 1 aromatic heterocycles. The van der Waals surface area contributed by atoms with Gasteiger partial charge in [-0.25, -0.2) is 0 Å². The predicted molar refractivity (Wildman–Crippen MR) is 142 cm³/mol. The number of rotatable bonds is 9. The van der Waals surface area contributed by atoms with E-state index >= 15 is 0 Å². The van der Waals surface area contributed by atoms with Gasteiger partial charge in [0, 0.05) is 23.0 Å². The first-order chi connectivity index (χ1) is 17.7. The first-order valence-electron chi connectivity index (χ1n) is 13.4. The monoisotopic (exact) mass is 490 g/mol. The number of hydrogen-bond acceptors (Lipinski definition) is 5. The number of carbonyl (C=O) groups is 1. The summed E-state index contributed by atoms with van der Waals surface area (Å²) < 4.78 is 17.1. The van der Waals surface area contributed by atoms with Gasteiger partial charge in [-0.1, -0.05) is 50.3 Å². The molecule has 2 fully saturated rings. The summed E-state index contributed by atoms with van der Waals surface area (Å²) >= 11 is 0. The summed E-state index contributed by atoms with van der Waals surface area (Å²) in [5.41, 5.74) is 1.46. The Hall–Kier alpha value is -2.99. The molecule has 2 aliphatic rings. The molecule has 6 nitrogen and oxygen atoms in total. The molecule has 2 heterocycles. The van der Waals surface area contributed by atoms with Gasteiger partial charge in [0.15, 0.2) is 11.5 Å². The number of fused-ring (bicyclic) bond motifs is 1. The van der Waals surface area contributed by atoms with Crippen molar-refractivity contribution in [3.63, 3.8) is 0 Å². The second-order valence-corrected chi connectivity index (χ2v) is 10.3. The molecule has 1 N–H and O–H groups in total. The molecule has 6 heteroatoms. The van der Waals surface area contributed by atoms with E-state index < -0.39 is 0 Å². The molecule has 1 aliphatic carbocycles. The Morgan fingerprint density at radius 3 is 2.53 bits per heavy atom. The SMILES string of the molecule is COc1ccc(C(=O)N(Cc2cc3ccccc3o2)[C@@H](CC2CCCCC2)C2CCCN2)cc1OC. The highest BCUT2D eigenvalue weighted by Gasteiger charge is 2.36. The largest absolute Gasteiger partial charge is 0.493 e. The van der Waals surface area contributed by atoms with Crippen LogP contribution in [0.15, 0.2) is 52.9 Å². The van der Waals surface area contributed by atoms with Crippen LogP contribution in [0.4, 0.5) is 0 Å². The summed E-state index contributed by atoms with van der Waals surface area (Å²) in [6.07, 6.45) is 9.69. The topological polar surface area (TPSA) is 63.9 Å². The van der Waals surface area contributed by atoms with E-state index in [-0.39, 0.29) is 11.9 Å². The van der Waals surface area contributed by atoms with Crippen molar-refractivity contribution in [3.8, 4) is 11.5 Å². The van der Waals surface area contributed by atoms with Gasteiger partial charge in [-0.3, -0.25) is 4.79 Å². The van der Waals surface area contributed by atoms with Crippen LogP contribution in [0.3, 0.4) is 0 Å². The summed E-state index contributed by atoms with van der Waals surface area (Å²) in [5, 5.41) is 4.78. The first kappa shape index (κ1) is 24.7. The van der Waals surface area contributed by atoms with Crippen molar-refractivity contribution < 1.29 is 18.7 Å². The number of nitrogens with zero attached hydrogens (tertiary/aromatic N) is 1. The Bertz CT molecular complexity index is 1130. The van der Waals surface area contributed by atoms with E-state index in [0.29, 0.717) is 35.6 Å². The Morgan fingerprint density at radius 2 is 1.81 bits per heavy atom. The number of benzene rings is 2. The van der Waals surface area contributed by atoms with Gasteiger partial charge in [0.1, 0.15) is 11.3 Å². The van der Waals surface area contributed by atoms with Crippen LogP contribution in [0.25, 0.3) is 11.0 Å². The average molecular weight is 491 g/mol. The van der Waals surface area contributed by atoms with Gasteiger partial charge < -0.3 is 24.1 Å². The lowest BCUT2D eigenvalue weighted by Gasteiger charge is -2.38. The van der Waals surface area contributed by atoms with Gasteiger partial charge in [-0.05, 0) is 62.1 Å². The van der Waals surface area contributed by atoms with Crippen LogP contribution in [-0.4, -0.2) is 43.7 Å². The Labute approximate surface area is 213 Å². The molecule has 5 rings (SSSR count). The van der Waals surface area contributed by atoms with E-state index in [4.69, 9.17) is 13.9 Å². The van der Waals surface area contributed by atoms with Gasteiger partial charge >= 0.3 is 0 Å². The molecule has 192 valence electrons. The minimum atomic E-state index is 0.00548. The quantitative estimate of drug-likeness (QED) is 0.388. The fraction of sp³-hybridized carbons (Fsp3) is 0.500. The third-order valence-corrected chi connectivity index (χ3v) is 7.96. The lowest BCUT2D eigenvalue weighted by Crippen LogP contribution is -2.51. The van der Waals surface area contributed by atoms with Crippen LogP contribution in [0.1, 0.15) is 67.5 Å². The zero-order valence-electron chi connectivity index (χ0n) is 21.5. The molecule has 1 aliphatic heterocycles. The molecule has 0 radical (unpaired) electrons. The van der Waals surface area contributed by atoms with E-state index in [1.54, 1.807) is 20.3 Å². The van der Waals surface area contributed by atoms with Gasteiger partial charge in [0.05, 0.1) is 20.8 Å². The van der Waals surface area contributed by atoms with E-state index in [1.807, 2.05) is 30.3 Å². The molecule has 1 unspecified atom stereocenters. The van der Waals surface area contributed by atoms with Crippen molar-refractivity contribution in [1.29, 1.82) is 0 Å². The van der Waals surface area contributed by atoms with E-state index in [0.717, 1.165) is 42.5 Å². The zero-order chi connectivity index (χ0) is 24.9. The van der Waals surface area contributed by atoms with Crippen LogP contribution in [0.5, 0.6) is 11.5 Å². The molecule has 2 aromatic carbocycles. The summed E-state index contributed by atoms with van der Waals surface area (Å²) in [4.78, 5) is 16.3. The van der Waals surface area contributed by atoms with Crippen LogP contribution < -0.4 is 14.8 Å². The van der Waals surface area contributed by atoms with Crippen molar-refractivity contribution >= 4 is 16.9 Å². The minimum absolute atomic E-state index is 0.00548. The van der Waals surface area contributed by atoms with Gasteiger partial charge in [-0.2, -0.15) is 0 Å². The third kappa shape index (κ3) is 5.39. The van der Waals surface area contributed by atoms with E-state index in [9.17, 15) is 4.79 Å². The van der Waals surface area contributed by atoms with Crippen molar-refractivity contribution in [2.75, 3.05) is 20.8 Å². The first-order valence-corrected chi connectivity index (χ1v) is 13.4. The van der Waals surface area contributed by atoms with Crippen molar-refractivity contribution in [2.45, 2.75) is 70.0 Å². The lowest BCUT2D eigenvalue weighted by molar-refractivity contribution is 0.0552. The molecule has 0 spiro atoms. The second-order valence-electron chi connectivity index (χ2n) is 10.3. The molecule has 1 saturated carbocycles. The van der Waals surface area contributed by atoms with Gasteiger partial charge in [-0.15, -0.1) is 0 Å². The Balaban J connectivity index is 1.51. The number of nitrogens with one attached hydrogen (secondary N) is 1. The van der Waals surface area contributed by atoms with E-state index in [1.165, 1.54) is 32.1 Å². The van der Waals surface area contributed by atoms with Crippen LogP contribution >= 0.6 is 0 Å². The highest BCUT2D eigenvalue weighted by molar-refractivity contribution is 5.95. The van der Waals surface area contributed by atoms with Crippen LogP contribution in [0, 0.1) is 5.92 Å². The number of para-hydroxylation sites is 1. The molecule has 36 heavy (non-hydrogen) atoms. The molecular weight excluding hydrogens is 452 g/mol. The minimum Gasteiger partial charge on any atom is -0.493 e.